The number of carbonyl (C=O) groups is 1. The molecule has 0 radical (unpaired) electrons. The SMILES string of the molecule is CC(C(=O)NC(CCc1ccccc1)c1ccccc1)S(N)(=O)=O. The highest BCUT2D eigenvalue weighted by Crippen LogP contribution is 2.19. The fourth-order valence-corrected chi connectivity index (χ4v) is 2.77. The minimum atomic E-state index is -3.91. The first-order valence-electron chi connectivity index (χ1n) is 7.79. The van der Waals surface area contributed by atoms with Crippen molar-refractivity contribution in [3.63, 3.8) is 0 Å². The molecule has 2 aromatic carbocycles. The van der Waals surface area contributed by atoms with Crippen molar-refractivity contribution in [3.8, 4) is 0 Å². The van der Waals surface area contributed by atoms with Crippen molar-refractivity contribution in [1.29, 1.82) is 0 Å². The minimum absolute atomic E-state index is 0.275. The molecule has 0 aliphatic rings. The number of carbonyl (C=O) groups excluding carboxylic acids is 1. The van der Waals surface area contributed by atoms with Crippen molar-refractivity contribution in [2.45, 2.75) is 31.1 Å². The molecule has 0 saturated heterocycles. The van der Waals surface area contributed by atoms with Gasteiger partial charge in [0, 0.05) is 0 Å². The van der Waals surface area contributed by atoms with Gasteiger partial charge in [-0.15, -0.1) is 0 Å². The average molecular weight is 346 g/mol. The van der Waals surface area contributed by atoms with Crippen LogP contribution in [0.25, 0.3) is 0 Å². The second kappa shape index (κ2) is 8.08. The Kier molecular flexibility index (Phi) is 6.11. The molecule has 6 heteroatoms. The first-order chi connectivity index (χ1) is 11.4. The van der Waals surface area contributed by atoms with Crippen LogP contribution in [0.4, 0.5) is 0 Å². The van der Waals surface area contributed by atoms with Crippen LogP contribution in [0.15, 0.2) is 60.7 Å². The van der Waals surface area contributed by atoms with Crippen LogP contribution in [-0.2, 0) is 21.2 Å². The summed E-state index contributed by atoms with van der Waals surface area (Å²) >= 11 is 0. The summed E-state index contributed by atoms with van der Waals surface area (Å²) < 4.78 is 22.8. The molecule has 0 aliphatic carbocycles. The van der Waals surface area contributed by atoms with Crippen LogP contribution in [-0.4, -0.2) is 19.6 Å². The summed E-state index contributed by atoms with van der Waals surface area (Å²) in [6.45, 7) is 1.30. The van der Waals surface area contributed by atoms with Gasteiger partial charge < -0.3 is 5.32 Å². The van der Waals surface area contributed by atoms with E-state index in [0.717, 1.165) is 17.5 Å². The van der Waals surface area contributed by atoms with E-state index in [9.17, 15) is 13.2 Å². The van der Waals surface area contributed by atoms with E-state index in [1.54, 1.807) is 0 Å². The van der Waals surface area contributed by atoms with Crippen molar-refractivity contribution in [1.82, 2.24) is 5.32 Å². The van der Waals surface area contributed by atoms with E-state index in [4.69, 9.17) is 5.14 Å². The molecule has 0 heterocycles. The molecular formula is C18H22N2O3S. The number of hydrogen-bond donors (Lipinski definition) is 2. The lowest BCUT2D eigenvalue weighted by Gasteiger charge is -2.21. The van der Waals surface area contributed by atoms with Crippen LogP contribution >= 0.6 is 0 Å². The highest BCUT2D eigenvalue weighted by Gasteiger charge is 2.26. The van der Waals surface area contributed by atoms with E-state index in [1.165, 1.54) is 6.92 Å². The number of amides is 1. The molecule has 0 fully saturated rings. The van der Waals surface area contributed by atoms with Crippen LogP contribution in [0, 0.1) is 0 Å². The highest BCUT2D eigenvalue weighted by molar-refractivity contribution is 7.90. The maximum atomic E-state index is 12.2. The zero-order valence-electron chi connectivity index (χ0n) is 13.6. The fraction of sp³-hybridized carbons (Fsp3) is 0.278. The first kappa shape index (κ1) is 18.2. The molecule has 2 aromatic rings. The van der Waals surface area contributed by atoms with Crippen LogP contribution in [0.5, 0.6) is 0 Å². The quantitative estimate of drug-likeness (QED) is 0.805. The van der Waals surface area contributed by atoms with Gasteiger partial charge in [-0.05, 0) is 30.9 Å². The lowest BCUT2D eigenvalue weighted by molar-refractivity contribution is -0.121. The van der Waals surface area contributed by atoms with E-state index in [-0.39, 0.29) is 6.04 Å². The minimum Gasteiger partial charge on any atom is -0.348 e. The van der Waals surface area contributed by atoms with Gasteiger partial charge in [0.25, 0.3) is 0 Å². The van der Waals surface area contributed by atoms with Crippen molar-refractivity contribution >= 4 is 15.9 Å². The molecule has 5 nitrogen and oxygen atoms in total. The molecule has 128 valence electrons. The first-order valence-corrected chi connectivity index (χ1v) is 9.39. The van der Waals surface area contributed by atoms with Gasteiger partial charge in [-0.1, -0.05) is 60.7 Å². The van der Waals surface area contributed by atoms with Crippen LogP contribution < -0.4 is 10.5 Å². The summed E-state index contributed by atoms with van der Waals surface area (Å²) in [7, 11) is -3.91. The molecule has 0 spiro atoms. The molecule has 2 unspecified atom stereocenters. The number of nitrogens with one attached hydrogen (secondary N) is 1. The van der Waals surface area contributed by atoms with Crippen LogP contribution in [0.2, 0.25) is 0 Å². The second-order valence-electron chi connectivity index (χ2n) is 5.73. The Morgan fingerprint density at radius 2 is 1.58 bits per heavy atom. The predicted molar refractivity (Wildman–Crippen MR) is 94.7 cm³/mol. The predicted octanol–water partition coefficient (Wildman–Crippen LogP) is 2.15. The highest BCUT2D eigenvalue weighted by atomic mass is 32.2. The van der Waals surface area contributed by atoms with Gasteiger partial charge in [0.2, 0.25) is 15.9 Å². The molecular weight excluding hydrogens is 324 g/mol. The lowest BCUT2D eigenvalue weighted by Crippen LogP contribution is -2.42. The van der Waals surface area contributed by atoms with Gasteiger partial charge in [0.05, 0.1) is 6.04 Å². The summed E-state index contributed by atoms with van der Waals surface area (Å²) in [6, 6.07) is 19.2. The number of rotatable bonds is 7. The fourth-order valence-electron chi connectivity index (χ4n) is 2.40. The molecule has 2 atom stereocenters. The number of benzene rings is 2. The van der Waals surface area contributed by atoms with E-state index in [2.05, 4.69) is 5.32 Å². The van der Waals surface area contributed by atoms with Crippen molar-refractivity contribution < 1.29 is 13.2 Å². The molecule has 3 N–H and O–H groups in total. The molecule has 2 rings (SSSR count). The number of hydrogen-bond acceptors (Lipinski definition) is 3. The van der Waals surface area contributed by atoms with E-state index in [0.29, 0.717) is 6.42 Å². The van der Waals surface area contributed by atoms with Crippen molar-refractivity contribution in [2.24, 2.45) is 5.14 Å². The number of nitrogens with two attached hydrogens (primary N) is 1. The molecule has 0 bridgehead atoms. The maximum absolute atomic E-state index is 12.2. The standard InChI is InChI=1S/C18H22N2O3S/c1-14(24(19,22)23)18(21)20-17(16-10-6-3-7-11-16)13-12-15-8-4-2-5-9-15/h2-11,14,17H,12-13H2,1H3,(H,20,21)(H2,19,22,23). The molecule has 0 aromatic heterocycles. The number of aryl methyl sites for hydroxylation is 1. The zero-order chi connectivity index (χ0) is 17.6. The zero-order valence-corrected chi connectivity index (χ0v) is 14.4. The Balaban J connectivity index is 2.13. The Morgan fingerprint density at radius 3 is 2.12 bits per heavy atom. The van der Waals surface area contributed by atoms with Crippen molar-refractivity contribution in [3.05, 3.63) is 71.8 Å². The van der Waals surface area contributed by atoms with Crippen molar-refractivity contribution in [2.75, 3.05) is 0 Å². The molecule has 0 saturated carbocycles. The van der Waals surface area contributed by atoms with Gasteiger partial charge >= 0.3 is 0 Å². The van der Waals surface area contributed by atoms with Gasteiger partial charge in [-0.25, -0.2) is 13.6 Å². The summed E-state index contributed by atoms with van der Waals surface area (Å²) in [5, 5.41) is 6.61. The third-order valence-corrected chi connectivity index (χ3v) is 5.14. The monoisotopic (exact) mass is 346 g/mol. The number of sulfonamides is 1. The molecule has 1 amide bonds. The smallest absolute Gasteiger partial charge is 0.239 e. The molecule has 0 aliphatic heterocycles. The van der Waals surface area contributed by atoms with E-state index >= 15 is 0 Å². The van der Waals surface area contributed by atoms with E-state index in [1.807, 2.05) is 60.7 Å². The summed E-state index contributed by atoms with van der Waals surface area (Å²) in [4.78, 5) is 12.2. The topological polar surface area (TPSA) is 89.3 Å². The Bertz CT molecular complexity index is 761. The number of primary sulfonamides is 1. The Hall–Kier alpha value is -2.18. The summed E-state index contributed by atoms with van der Waals surface area (Å²) in [5.74, 6) is -0.584. The largest absolute Gasteiger partial charge is 0.348 e. The second-order valence-corrected chi connectivity index (χ2v) is 7.61. The van der Waals surface area contributed by atoms with Gasteiger partial charge in [0.15, 0.2) is 5.25 Å². The van der Waals surface area contributed by atoms with Crippen LogP contribution in [0.1, 0.15) is 30.5 Å². The third kappa shape index (κ3) is 5.18. The van der Waals surface area contributed by atoms with Gasteiger partial charge in [0.1, 0.15) is 0 Å². The lowest BCUT2D eigenvalue weighted by atomic mass is 9.99. The third-order valence-electron chi connectivity index (χ3n) is 3.94. The maximum Gasteiger partial charge on any atom is 0.239 e. The van der Waals surface area contributed by atoms with Gasteiger partial charge in [-0.3, -0.25) is 4.79 Å². The van der Waals surface area contributed by atoms with E-state index < -0.39 is 21.2 Å². The van der Waals surface area contributed by atoms with Crippen LogP contribution in [0.3, 0.4) is 0 Å². The molecule has 24 heavy (non-hydrogen) atoms. The summed E-state index contributed by atoms with van der Waals surface area (Å²) in [5.41, 5.74) is 2.09. The Morgan fingerprint density at radius 1 is 1.04 bits per heavy atom. The Labute approximate surface area is 142 Å². The summed E-state index contributed by atoms with van der Waals surface area (Å²) in [6.07, 6.45) is 1.43. The normalized spacial score (nSPS) is 13.9. The van der Waals surface area contributed by atoms with Gasteiger partial charge in [-0.2, -0.15) is 0 Å². The average Bonchev–Trinajstić information content (AvgIpc) is 2.58.